The summed E-state index contributed by atoms with van der Waals surface area (Å²) in [6, 6.07) is 7.03. The minimum atomic E-state index is -0.315. The molecule has 0 aliphatic rings. The zero-order chi connectivity index (χ0) is 13.1. The minimum absolute atomic E-state index is 0.0362. The number of hydrogen-bond donors (Lipinski definition) is 2. The lowest BCUT2D eigenvalue weighted by atomic mass is 10.2. The number of aryl methyl sites for hydroxylation is 1. The summed E-state index contributed by atoms with van der Waals surface area (Å²) in [7, 11) is 0. The SMILES string of the molecule is Cc1ccc(Br)c(NC(=O)c2cncc(O)c2)c1. The van der Waals surface area contributed by atoms with Crippen molar-refractivity contribution >= 4 is 27.5 Å². The quantitative estimate of drug-likeness (QED) is 0.896. The number of anilines is 1. The van der Waals surface area contributed by atoms with Crippen LogP contribution in [0.4, 0.5) is 5.69 Å². The highest BCUT2D eigenvalue weighted by Gasteiger charge is 2.09. The van der Waals surface area contributed by atoms with Gasteiger partial charge in [-0.15, -0.1) is 0 Å². The number of aromatic nitrogens is 1. The van der Waals surface area contributed by atoms with Crippen molar-refractivity contribution in [3.63, 3.8) is 0 Å². The molecule has 18 heavy (non-hydrogen) atoms. The van der Waals surface area contributed by atoms with Crippen LogP contribution in [0.1, 0.15) is 15.9 Å². The summed E-state index contributed by atoms with van der Waals surface area (Å²) in [4.78, 5) is 15.7. The summed E-state index contributed by atoms with van der Waals surface area (Å²) >= 11 is 3.37. The van der Waals surface area contributed by atoms with Crippen molar-refractivity contribution in [2.24, 2.45) is 0 Å². The summed E-state index contributed by atoms with van der Waals surface area (Å²) in [5, 5.41) is 12.0. The Balaban J connectivity index is 2.24. The average molecular weight is 307 g/mol. The average Bonchev–Trinajstić information content (AvgIpc) is 2.34. The van der Waals surface area contributed by atoms with E-state index in [1.807, 2.05) is 25.1 Å². The third kappa shape index (κ3) is 2.87. The fourth-order valence-corrected chi connectivity index (χ4v) is 1.83. The molecule has 0 radical (unpaired) electrons. The molecule has 0 saturated heterocycles. The molecule has 0 fully saturated rings. The summed E-state index contributed by atoms with van der Waals surface area (Å²) in [5.41, 5.74) is 2.04. The van der Waals surface area contributed by atoms with Crippen molar-refractivity contribution in [3.05, 3.63) is 52.3 Å². The lowest BCUT2D eigenvalue weighted by Gasteiger charge is -2.08. The monoisotopic (exact) mass is 306 g/mol. The Morgan fingerprint density at radius 3 is 2.83 bits per heavy atom. The number of pyridine rings is 1. The van der Waals surface area contributed by atoms with E-state index >= 15 is 0 Å². The number of nitrogens with zero attached hydrogens (tertiary/aromatic N) is 1. The minimum Gasteiger partial charge on any atom is -0.506 e. The maximum atomic E-state index is 11.9. The molecule has 2 N–H and O–H groups in total. The van der Waals surface area contributed by atoms with E-state index in [-0.39, 0.29) is 11.7 Å². The fourth-order valence-electron chi connectivity index (χ4n) is 1.48. The molecule has 0 bridgehead atoms. The Labute approximate surface area is 113 Å². The van der Waals surface area contributed by atoms with Gasteiger partial charge in [-0.2, -0.15) is 0 Å². The molecule has 1 aromatic heterocycles. The summed E-state index contributed by atoms with van der Waals surface area (Å²) in [6.45, 7) is 1.94. The molecule has 0 saturated carbocycles. The third-order valence-corrected chi connectivity index (χ3v) is 3.05. The second-order valence-corrected chi connectivity index (χ2v) is 4.72. The van der Waals surface area contributed by atoms with Gasteiger partial charge in [0.15, 0.2) is 0 Å². The molecule has 2 aromatic rings. The van der Waals surface area contributed by atoms with E-state index in [2.05, 4.69) is 26.2 Å². The number of carbonyl (C=O) groups excluding carboxylic acids is 1. The topological polar surface area (TPSA) is 62.2 Å². The predicted octanol–water partition coefficient (Wildman–Crippen LogP) is 3.11. The second kappa shape index (κ2) is 5.18. The van der Waals surface area contributed by atoms with E-state index in [0.717, 1.165) is 10.0 Å². The Hall–Kier alpha value is -1.88. The summed E-state index contributed by atoms with van der Waals surface area (Å²) in [5.74, 6) is -0.351. The zero-order valence-corrected chi connectivity index (χ0v) is 11.2. The van der Waals surface area contributed by atoms with Crippen molar-refractivity contribution < 1.29 is 9.90 Å². The van der Waals surface area contributed by atoms with Gasteiger partial charge in [0.25, 0.3) is 5.91 Å². The standard InChI is InChI=1S/C13H11BrN2O2/c1-8-2-3-11(14)12(4-8)16-13(18)9-5-10(17)7-15-6-9/h2-7,17H,1H3,(H,16,18). The van der Waals surface area contributed by atoms with E-state index in [4.69, 9.17) is 0 Å². The highest BCUT2D eigenvalue weighted by Crippen LogP contribution is 2.24. The van der Waals surface area contributed by atoms with Crippen LogP contribution in [0, 0.1) is 6.92 Å². The van der Waals surface area contributed by atoms with Gasteiger partial charge in [0, 0.05) is 10.7 Å². The van der Waals surface area contributed by atoms with Crippen molar-refractivity contribution in [1.82, 2.24) is 4.98 Å². The van der Waals surface area contributed by atoms with Crippen LogP contribution < -0.4 is 5.32 Å². The first kappa shape index (κ1) is 12.6. The molecule has 1 heterocycles. The van der Waals surface area contributed by atoms with Gasteiger partial charge in [-0.05, 0) is 46.6 Å². The smallest absolute Gasteiger partial charge is 0.257 e. The van der Waals surface area contributed by atoms with Crippen molar-refractivity contribution in [2.45, 2.75) is 6.92 Å². The summed E-state index contributed by atoms with van der Waals surface area (Å²) in [6.07, 6.45) is 2.68. The normalized spacial score (nSPS) is 10.1. The number of rotatable bonds is 2. The number of benzene rings is 1. The largest absolute Gasteiger partial charge is 0.506 e. The molecule has 1 amide bonds. The number of carbonyl (C=O) groups is 1. The maximum Gasteiger partial charge on any atom is 0.257 e. The van der Waals surface area contributed by atoms with E-state index < -0.39 is 0 Å². The number of aromatic hydroxyl groups is 1. The Kier molecular flexibility index (Phi) is 3.62. The molecule has 0 aliphatic heterocycles. The van der Waals surface area contributed by atoms with Crippen molar-refractivity contribution in [1.29, 1.82) is 0 Å². The van der Waals surface area contributed by atoms with Gasteiger partial charge in [-0.3, -0.25) is 9.78 Å². The van der Waals surface area contributed by atoms with Gasteiger partial charge in [-0.1, -0.05) is 6.07 Å². The molecule has 4 nitrogen and oxygen atoms in total. The molecule has 0 unspecified atom stereocenters. The van der Waals surface area contributed by atoms with Crippen LogP contribution >= 0.6 is 15.9 Å². The molecule has 0 atom stereocenters. The molecular formula is C13H11BrN2O2. The molecule has 92 valence electrons. The van der Waals surface area contributed by atoms with E-state index in [1.165, 1.54) is 18.5 Å². The number of halogens is 1. The molecular weight excluding hydrogens is 296 g/mol. The second-order valence-electron chi connectivity index (χ2n) is 3.87. The third-order valence-electron chi connectivity index (χ3n) is 2.36. The highest BCUT2D eigenvalue weighted by molar-refractivity contribution is 9.10. The van der Waals surface area contributed by atoms with Gasteiger partial charge in [0.1, 0.15) is 5.75 Å². The summed E-state index contributed by atoms with van der Waals surface area (Å²) < 4.78 is 0.801. The highest BCUT2D eigenvalue weighted by atomic mass is 79.9. The van der Waals surface area contributed by atoms with Crippen LogP contribution in [0.5, 0.6) is 5.75 Å². The van der Waals surface area contributed by atoms with Gasteiger partial charge in [-0.25, -0.2) is 0 Å². The van der Waals surface area contributed by atoms with Gasteiger partial charge in [0.2, 0.25) is 0 Å². The van der Waals surface area contributed by atoms with E-state index in [9.17, 15) is 9.90 Å². The van der Waals surface area contributed by atoms with Crippen molar-refractivity contribution in [2.75, 3.05) is 5.32 Å². The van der Waals surface area contributed by atoms with Gasteiger partial charge < -0.3 is 10.4 Å². The Morgan fingerprint density at radius 1 is 1.33 bits per heavy atom. The van der Waals surface area contributed by atoms with Crippen LogP contribution in [0.2, 0.25) is 0 Å². The lowest BCUT2D eigenvalue weighted by Crippen LogP contribution is -2.12. The van der Waals surface area contributed by atoms with Crippen LogP contribution in [0.3, 0.4) is 0 Å². The van der Waals surface area contributed by atoms with Crippen LogP contribution in [-0.4, -0.2) is 16.0 Å². The molecule has 2 rings (SSSR count). The molecule has 1 aromatic carbocycles. The molecule has 5 heteroatoms. The molecule has 0 aliphatic carbocycles. The van der Waals surface area contributed by atoms with Crippen molar-refractivity contribution in [3.8, 4) is 5.75 Å². The predicted molar refractivity (Wildman–Crippen MR) is 72.7 cm³/mol. The van der Waals surface area contributed by atoms with Crippen LogP contribution in [0.25, 0.3) is 0 Å². The Morgan fingerprint density at radius 2 is 2.11 bits per heavy atom. The first-order valence-electron chi connectivity index (χ1n) is 5.28. The van der Waals surface area contributed by atoms with Gasteiger partial charge >= 0.3 is 0 Å². The number of nitrogens with one attached hydrogen (secondary N) is 1. The van der Waals surface area contributed by atoms with Gasteiger partial charge in [0.05, 0.1) is 17.4 Å². The van der Waals surface area contributed by atoms with Crippen LogP contribution in [-0.2, 0) is 0 Å². The van der Waals surface area contributed by atoms with E-state index in [1.54, 1.807) is 0 Å². The first-order chi connectivity index (χ1) is 8.56. The molecule has 0 spiro atoms. The lowest BCUT2D eigenvalue weighted by molar-refractivity contribution is 0.102. The Bertz CT molecular complexity index is 599. The number of amides is 1. The maximum absolute atomic E-state index is 11.9. The zero-order valence-electron chi connectivity index (χ0n) is 9.64. The number of hydrogen-bond acceptors (Lipinski definition) is 3. The van der Waals surface area contributed by atoms with Crippen LogP contribution in [0.15, 0.2) is 41.1 Å². The first-order valence-corrected chi connectivity index (χ1v) is 6.07. The fraction of sp³-hybridized carbons (Fsp3) is 0.0769. The van der Waals surface area contributed by atoms with E-state index in [0.29, 0.717) is 11.3 Å².